The van der Waals surface area contributed by atoms with Crippen LogP contribution in [0.3, 0.4) is 0 Å². The first-order valence-corrected chi connectivity index (χ1v) is 8.26. The monoisotopic (exact) mass is 366 g/mol. The van der Waals surface area contributed by atoms with Gasteiger partial charge in [0, 0.05) is 28.4 Å². The van der Waals surface area contributed by atoms with E-state index in [1.54, 1.807) is 37.3 Å². The normalized spacial score (nSPS) is 10.6. The van der Waals surface area contributed by atoms with Crippen LogP contribution in [0.2, 0.25) is 0 Å². The highest BCUT2D eigenvalue weighted by molar-refractivity contribution is 6.06. The number of rotatable bonds is 5. The van der Waals surface area contributed by atoms with E-state index in [0.29, 0.717) is 22.8 Å². The van der Waals surface area contributed by atoms with Crippen LogP contribution in [0.25, 0.3) is 11.3 Å². The first kappa shape index (κ1) is 18.3. The number of carbonyl (C=O) groups excluding carboxylic acids is 1. The molecule has 138 valence electrons. The second kappa shape index (κ2) is 7.43. The number of hydrogen-bond donors (Lipinski definition) is 2. The molecule has 0 fully saturated rings. The van der Waals surface area contributed by atoms with E-state index in [9.17, 15) is 14.9 Å². The maximum Gasteiger partial charge on any atom is 0.273 e. The van der Waals surface area contributed by atoms with Crippen molar-refractivity contribution < 1.29 is 19.2 Å². The molecule has 0 aliphatic carbocycles. The molecule has 1 heterocycles. The van der Waals surface area contributed by atoms with E-state index in [1.165, 1.54) is 12.1 Å². The molecule has 0 bridgehead atoms. The molecule has 0 saturated carbocycles. The first-order chi connectivity index (χ1) is 12.9. The number of nitrogens with zero attached hydrogens (tertiary/aromatic N) is 1. The molecule has 1 amide bonds. The van der Waals surface area contributed by atoms with Gasteiger partial charge in [0.05, 0.1) is 4.92 Å². The highest BCUT2D eigenvalue weighted by atomic mass is 16.6. The molecule has 27 heavy (non-hydrogen) atoms. The van der Waals surface area contributed by atoms with Crippen molar-refractivity contribution in [3.63, 3.8) is 0 Å². The number of aliphatic hydroxyl groups excluding tert-OH is 1. The number of nitro benzene ring substituents is 1. The number of anilines is 1. The highest BCUT2D eigenvalue weighted by Gasteiger charge is 2.18. The van der Waals surface area contributed by atoms with Crippen LogP contribution in [0.15, 0.2) is 52.9 Å². The Balaban J connectivity index is 1.84. The SMILES string of the molecule is Cc1cc(NC(=O)c2cccc([N+](=O)[O-])c2C)ccc1-c1ccc(CO)o1. The summed E-state index contributed by atoms with van der Waals surface area (Å²) < 4.78 is 5.54. The number of aryl methyl sites for hydroxylation is 1. The van der Waals surface area contributed by atoms with Gasteiger partial charge in [0.15, 0.2) is 0 Å². The van der Waals surface area contributed by atoms with Crippen molar-refractivity contribution in [3.05, 3.63) is 81.1 Å². The second-order valence-corrected chi connectivity index (χ2v) is 6.11. The molecule has 0 aliphatic heterocycles. The van der Waals surface area contributed by atoms with Crippen molar-refractivity contribution in [2.75, 3.05) is 5.32 Å². The Bertz CT molecular complexity index is 1020. The Morgan fingerprint density at radius 3 is 2.59 bits per heavy atom. The number of nitrogens with one attached hydrogen (secondary N) is 1. The van der Waals surface area contributed by atoms with Crippen LogP contribution in [0.4, 0.5) is 11.4 Å². The van der Waals surface area contributed by atoms with Gasteiger partial charge >= 0.3 is 0 Å². The average molecular weight is 366 g/mol. The van der Waals surface area contributed by atoms with Crippen LogP contribution in [0.1, 0.15) is 27.2 Å². The molecule has 0 aliphatic rings. The molecule has 0 saturated heterocycles. The number of hydrogen-bond acceptors (Lipinski definition) is 5. The van der Waals surface area contributed by atoms with Gasteiger partial charge in [0.25, 0.3) is 11.6 Å². The number of furan rings is 1. The Hall–Kier alpha value is -3.45. The number of nitro groups is 1. The van der Waals surface area contributed by atoms with E-state index in [2.05, 4.69) is 5.32 Å². The van der Waals surface area contributed by atoms with Crippen molar-refractivity contribution in [2.45, 2.75) is 20.5 Å². The summed E-state index contributed by atoms with van der Waals surface area (Å²) >= 11 is 0. The smallest absolute Gasteiger partial charge is 0.273 e. The predicted octanol–water partition coefficient (Wildman–Crippen LogP) is 4.22. The number of carbonyl (C=O) groups is 1. The number of benzene rings is 2. The molecule has 0 unspecified atom stereocenters. The lowest BCUT2D eigenvalue weighted by Gasteiger charge is -2.10. The fraction of sp³-hybridized carbons (Fsp3) is 0.150. The number of aliphatic hydroxyl groups is 1. The molecule has 2 N–H and O–H groups in total. The van der Waals surface area contributed by atoms with E-state index < -0.39 is 10.8 Å². The molecular formula is C20H18N2O5. The minimum atomic E-state index is -0.505. The lowest BCUT2D eigenvalue weighted by Crippen LogP contribution is -2.14. The summed E-state index contributed by atoms with van der Waals surface area (Å²) in [5.74, 6) is 0.691. The number of amides is 1. The maximum atomic E-state index is 12.5. The zero-order valence-electron chi connectivity index (χ0n) is 14.9. The Morgan fingerprint density at radius 2 is 1.96 bits per heavy atom. The Morgan fingerprint density at radius 1 is 1.19 bits per heavy atom. The van der Waals surface area contributed by atoms with Gasteiger partial charge in [-0.15, -0.1) is 0 Å². The zero-order chi connectivity index (χ0) is 19.6. The molecule has 7 nitrogen and oxygen atoms in total. The van der Waals surface area contributed by atoms with E-state index in [0.717, 1.165) is 11.1 Å². The molecule has 3 aromatic rings. The van der Waals surface area contributed by atoms with Gasteiger partial charge in [-0.2, -0.15) is 0 Å². The van der Waals surface area contributed by atoms with Crippen LogP contribution in [0, 0.1) is 24.0 Å². The Labute approximate surface area is 155 Å². The van der Waals surface area contributed by atoms with Gasteiger partial charge in [0.1, 0.15) is 18.1 Å². The lowest BCUT2D eigenvalue weighted by molar-refractivity contribution is -0.385. The third-order valence-electron chi connectivity index (χ3n) is 4.31. The zero-order valence-corrected chi connectivity index (χ0v) is 14.9. The summed E-state index contributed by atoms with van der Waals surface area (Å²) in [7, 11) is 0. The van der Waals surface area contributed by atoms with E-state index >= 15 is 0 Å². The van der Waals surface area contributed by atoms with Gasteiger partial charge in [-0.05, 0) is 55.8 Å². The highest BCUT2D eigenvalue weighted by Crippen LogP contribution is 2.28. The van der Waals surface area contributed by atoms with E-state index in [-0.39, 0.29) is 17.9 Å². The fourth-order valence-corrected chi connectivity index (χ4v) is 2.89. The summed E-state index contributed by atoms with van der Waals surface area (Å²) in [6.45, 7) is 3.26. The maximum absolute atomic E-state index is 12.5. The lowest BCUT2D eigenvalue weighted by atomic mass is 10.0. The molecule has 0 spiro atoms. The van der Waals surface area contributed by atoms with Crippen LogP contribution in [-0.2, 0) is 6.61 Å². The first-order valence-electron chi connectivity index (χ1n) is 8.26. The minimum Gasteiger partial charge on any atom is -0.459 e. The van der Waals surface area contributed by atoms with E-state index in [1.807, 2.05) is 13.0 Å². The third kappa shape index (κ3) is 3.73. The van der Waals surface area contributed by atoms with Gasteiger partial charge in [0.2, 0.25) is 0 Å². The van der Waals surface area contributed by atoms with Crippen LogP contribution < -0.4 is 5.32 Å². The second-order valence-electron chi connectivity index (χ2n) is 6.11. The standard InChI is InChI=1S/C20H18N2O5/c1-12-10-14(6-8-16(12)19-9-7-15(11-23)27-19)21-20(24)17-4-3-5-18(13(17)2)22(25)26/h3-10,23H,11H2,1-2H3,(H,21,24). The molecule has 7 heteroatoms. The van der Waals surface area contributed by atoms with E-state index in [4.69, 9.17) is 9.52 Å². The van der Waals surface area contributed by atoms with Crippen LogP contribution in [-0.4, -0.2) is 15.9 Å². The van der Waals surface area contributed by atoms with Gasteiger partial charge < -0.3 is 14.8 Å². The topological polar surface area (TPSA) is 106 Å². The summed E-state index contributed by atoms with van der Waals surface area (Å²) in [6.07, 6.45) is 0. The summed E-state index contributed by atoms with van der Waals surface area (Å²) in [5, 5.41) is 22.9. The van der Waals surface area contributed by atoms with Crippen LogP contribution >= 0.6 is 0 Å². The molecular weight excluding hydrogens is 348 g/mol. The van der Waals surface area contributed by atoms with Crippen molar-refractivity contribution in [1.82, 2.24) is 0 Å². The summed E-state index contributed by atoms with van der Waals surface area (Å²) in [4.78, 5) is 23.1. The van der Waals surface area contributed by atoms with Gasteiger partial charge in [-0.25, -0.2) is 0 Å². The Kier molecular flexibility index (Phi) is 5.05. The minimum absolute atomic E-state index is 0.0910. The fourth-order valence-electron chi connectivity index (χ4n) is 2.89. The molecule has 0 radical (unpaired) electrons. The van der Waals surface area contributed by atoms with Crippen LogP contribution in [0.5, 0.6) is 0 Å². The molecule has 3 rings (SSSR count). The predicted molar refractivity (Wildman–Crippen MR) is 101 cm³/mol. The molecule has 2 aromatic carbocycles. The molecule has 0 atom stereocenters. The third-order valence-corrected chi connectivity index (χ3v) is 4.31. The van der Waals surface area contributed by atoms with Crippen molar-refractivity contribution in [2.24, 2.45) is 0 Å². The van der Waals surface area contributed by atoms with Crippen molar-refractivity contribution in [1.29, 1.82) is 0 Å². The van der Waals surface area contributed by atoms with Crippen molar-refractivity contribution >= 4 is 17.3 Å². The quantitative estimate of drug-likeness (QED) is 0.519. The largest absolute Gasteiger partial charge is 0.459 e. The molecule has 1 aromatic heterocycles. The summed E-state index contributed by atoms with van der Waals surface area (Å²) in [6, 6.07) is 13.2. The van der Waals surface area contributed by atoms with Crippen molar-refractivity contribution in [3.8, 4) is 11.3 Å². The average Bonchev–Trinajstić information content (AvgIpc) is 3.10. The van der Waals surface area contributed by atoms with Gasteiger partial charge in [-0.1, -0.05) is 6.07 Å². The van der Waals surface area contributed by atoms with Gasteiger partial charge in [-0.3, -0.25) is 14.9 Å². The summed E-state index contributed by atoms with van der Waals surface area (Å²) in [5.41, 5.74) is 2.78.